The van der Waals surface area contributed by atoms with Crippen molar-refractivity contribution in [3.63, 3.8) is 0 Å². The highest BCUT2D eigenvalue weighted by molar-refractivity contribution is 5.08. The minimum Gasteiger partial charge on any atom is -0.378 e. The Balaban J connectivity index is 1.77. The Hall–Kier alpha value is -0.930. The van der Waals surface area contributed by atoms with Crippen molar-refractivity contribution in [2.75, 3.05) is 6.61 Å². The second-order valence-corrected chi connectivity index (χ2v) is 4.36. The summed E-state index contributed by atoms with van der Waals surface area (Å²) >= 11 is 0. The van der Waals surface area contributed by atoms with Crippen LogP contribution in [0.3, 0.4) is 0 Å². The smallest absolute Gasteiger partial charge is 0.0587 e. The third-order valence-corrected chi connectivity index (χ3v) is 3.14. The number of ether oxygens (including phenoxy) is 1. The monoisotopic (exact) mass is 220 g/mol. The maximum atomic E-state index is 5.66. The Bertz CT molecular complexity index is 302. The van der Waals surface area contributed by atoms with Crippen molar-refractivity contribution >= 4 is 0 Å². The predicted molar refractivity (Wildman–Crippen MR) is 64.1 cm³/mol. The van der Waals surface area contributed by atoms with Crippen LogP contribution in [0.5, 0.6) is 0 Å². The van der Waals surface area contributed by atoms with Crippen molar-refractivity contribution in [2.45, 2.75) is 44.9 Å². The molecule has 1 N–H and O–H groups in total. The summed E-state index contributed by atoms with van der Waals surface area (Å²) in [5.74, 6) is 0. The summed E-state index contributed by atoms with van der Waals surface area (Å²) in [4.78, 5) is 4.11. The third-order valence-electron chi connectivity index (χ3n) is 3.14. The molecule has 1 aromatic heterocycles. The Morgan fingerprint density at radius 1 is 1.56 bits per heavy atom. The molecule has 2 unspecified atom stereocenters. The molecule has 3 nitrogen and oxygen atoms in total. The summed E-state index contributed by atoms with van der Waals surface area (Å²) in [5, 5.41) is 3.58. The zero-order valence-corrected chi connectivity index (χ0v) is 9.86. The van der Waals surface area contributed by atoms with E-state index in [1.54, 1.807) is 0 Å². The third kappa shape index (κ3) is 3.29. The summed E-state index contributed by atoms with van der Waals surface area (Å²) in [5.41, 5.74) is 1.25. The molecule has 1 aliphatic heterocycles. The number of rotatable bonds is 4. The SMILES string of the molecule is CCC1CC(NCc2cccnc2)CCO1. The van der Waals surface area contributed by atoms with E-state index >= 15 is 0 Å². The molecule has 0 amide bonds. The minimum absolute atomic E-state index is 0.445. The number of nitrogens with one attached hydrogen (secondary N) is 1. The lowest BCUT2D eigenvalue weighted by atomic mass is 10.0. The van der Waals surface area contributed by atoms with Gasteiger partial charge in [-0.05, 0) is 30.9 Å². The average molecular weight is 220 g/mol. The molecule has 88 valence electrons. The van der Waals surface area contributed by atoms with Gasteiger partial charge in [0.1, 0.15) is 0 Å². The summed E-state index contributed by atoms with van der Waals surface area (Å²) in [6, 6.07) is 4.69. The predicted octanol–water partition coefficient (Wildman–Crippen LogP) is 2.13. The van der Waals surface area contributed by atoms with E-state index in [0.29, 0.717) is 12.1 Å². The molecule has 0 spiro atoms. The lowest BCUT2D eigenvalue weighted by molar-refractivity contribution is -0.000321. The molecular weight excluding hydrogens is 200 g/mol. The van der Waals surface area contributed by atoms with Gasteiger partial charge >= 0.3 is 0 Å². The van der Waals surface area contributed by atoms with Crippen LogP contribution in [-0.4, -0.2) is 23.7 Å². The molecule has 0 radical (unpaired) electrons. The van der Waals surface area contributed by atoms with Gasteiger partial charge in [0.2, 0.25) is 0 Å². The molecule has 2 atom stereocenters. The Kier molecular flexibility index (Phi) is 4.31. The quantitative estimate of drug-likeness (QED) is 0.844. The van der Waals surface area contributed by atoms with E-state index in [4.69, 9.17) is 4.74 Å². The fourth-order valence-electron chi connectivity index (χ4n) is 2.11. The van der Waals surface area contributed by atoms with Gasteiger partial charge in [-0.25, -0.2) is 0 Å². The van der Waals surface area contributed by atoms with E-state index in [2.05, 4.69) is 23.3 Å². The first-order chi connectivity index (χ1) is 7.88. The molecule has 0 bridgehead atoms. The van der Waals surface area contributed by atoms with Crippen LogP contribution in [0.2, 0.25) is 0 Å². The van der Waals surface area contributed by atoms with Gasteiger partial charge in [-0.3, -0.25) is 4.98 Å². The van der Waals surface area contributed by atoms with Crippen LogP contribution in [-0.2, 0) is 11.3 Å². The van der Waals surface area contributed by atoms with Gasteiger partial charge in [-0.2, -0.15) is 0 Å². The maximum Gasteiger partial charge on any atom is 0.0587 e. The van der Waals surface area contributed by atoms with E-state index in [1.165, 1.54) is 5.56 Å². The molecule has 1 fully saturated rings. The highest BCUT2D eigenvalue weighted by Gasteiger charge is 2.20. The number of hydrogen-bond donors (Lipinski definition) is 1. The first-order valence-electron chi connectivity index (χ1n) is 6.12. The van der Waals surface area contributed by atoms with Crippen LogP contribution in [0.4, 0.5) is 0 Å². The first kappa shape index (κ1) is 11.6. The van der Waals surface area contributed by atoms with Crippen molar-refractivity contribution in [3.8, 4) is 0 Å². The maximum absolute atomic E-state index is 5.66. The number of aromatic nitrogens is 1. The van der Waals surface area contributed by atoms with E-state index in [9.17, 15) is 0 Å². The van der Waals surface area contributed by atoms with Gasteiger partial charge in [0.25, 0.3) is 0 Å². The molecule has 16 heavy (non-hydrogen) atoms. The van der Waals surface area contributed by atoms with Crippen molar-refractivity contribution in [2.24, 2.45) is 0 Å². The molecular formula is C13H20N2O. The number of hydrogen-bond acceptors (Lipinski definition) is 3. The molecule has 1 saturated heterocycles. The lowest BCUT2D eigenvalue weighted by Gasteiger charge is -2.29. The molecule has 1 aliphatic rings. The van der Waals surface area contributed by atoms with Crippen LogP contribution < -0.4 is 5.32 Å². The fraction of sp³-hybridized carbons (Fsp3) is 0.615. The molecule has 1 aromatic rings. The van der Waals surface area contributed by atoms with Crippen molar-refractivity contribution in [1.82, 2.24) is 10.3 Å². The van der Waals surface area contributed by atoms with Crippen LogP contribution in [0, 0.1) is 0 Å². The fourth-order valence-corrected chi connectivity index (χ4v) is 2.11. The molecule has 2 heterocycles. The standard InChI is InChI=1S/C13H20N2O/c1-2-13-8-12(5-7-16-13)15-10-11-4-3-6-14-9-11/h3-4,6,9,12-13,15H,2,5,7-8,10H2,1H3. The van der Waals surface area contributed by atoms with E-state index in [0.717, 1.165) is 32.4 Å². The van der Waals surface area contributed by atoms with Crippen molar-refractivity contribution in [3.05, 3.63) is 30.1 Å². The molecule has 0 aliphatic carbocycles. The largest absolute Gasteiger partial charge is 0.378 e. The lowest BCUT2D eigenvalue weighted by Crippen LogP contribution is -2.38. The molecule has 3 heteroatoms. The topological polar surface area (TPSA) is 34.2 Å². The van der Waals surface area contributed by atoms with Gasteiger partial charge in [-0.1, -0.05) is 13.0 Å². The summed E-state index contributed by atoms with van der Waals surface area (Å²) in [6.45, 7) is 3.99. The van der Waals surface area contributed by atoms with Gasteiger partial charge in [0.05, 0.1) is 6.10 Å². The molecule has 0 aromatic carbocycles. The number of pyridine rings is 1. The summed E-state index contributed by atoms with van der Waals surface area (Å²) < 4.78 is 5.66. The normalized spacial score (nSPS) is 25.6. The van der Waals surface area contributed by atoms with E-state index in [-0.39, 0.29) is 0 Å². The van der Waals surface area contributed by atoms with Crippen molar-refractivity contribution in [1.29, 1.82) is 0 Å². The zero-order chi connectivity index (χ0) is 11.2. The van der Waals surface area contributed by atoms with E-state index in [1.807, 2.05) is 18.5 Å². The average Bonchev–Trinajstić information content (AvgIpc) is 2.38. The van der Waals surface area contributed by atoms with Gasteiger partial charge in [0, 0.05) is 31.6 Å². The molecule has 2 rings (SSSR count). The van der Waals surface area contributed by atoms with Gasteiger partial charge in [-0.15, -0.1) is 0 Å². The Labute approximate surface area is 97.2 Å². The Morgan fingerprint density at radius 2 is 2.50 bits per heavy atom. The van der Waals surface area contributed by atoms with Crippen LogP contribution >= 0.6 is 0 Å². The summed E-state index contributed by atoms with van der Waals surface area (Å²) in [7, 11) is 0. The van der Waals surface area contributed by atoms with Crippen LogP contribution in [0.25, 0.3) is 0 Å². The second-order valence-electron chi connectivity index (χ2n) is 4.36. The minimum atomic E-state index is 0.445. The van der Waals surface area contributed by atoms with Gasteiger partial charge < -0.3 is 10.1 Å². The van der Waals surface area contributed by atoms with Crippen molar-refractivity contribution < 1.29 is 4.74 Å². The zero-order valence-electron chi connectivity index (χ0n) is 9.86. The number of nitrogens with zero attached hydrogens (tertiary/aromatic N) is 1. The van der Waals surface area contributed by atoms with Gasteiger partial charge in [0.15, 0.2) is 0 Å². The second kappa shape index (κ2) is 5.97. The highest BCUT2D eigenvalue weighted by atomic mass is 16.5. The first-order valence-corrected chi connectivity index (χ1v) is 6.12. The highest BCUT2D eigenvalue weighted by Crippen LogP contribution is 2.16. The molecule has 0 saturated carbocycles. The van der Waals surface area contributed by atoms with Crippen LogP contribution in [0.1, 0.15) is 31.7 Å². The summed E-state index contributed by atoms with van der Waals surface area (Å²) in [6.07, 6.45) is 7.55. The van der Waals surface area contributed by atoms with E-state index < -0.39 is 0 Å². The van der Waals surface area contributed by atoms with Crippen LogP contribution in [0.15, 0.2) is 24.5 Å². The Morgan fingerprint density at radius 3 is 3.25 bits per heavy atom.